The molecule has 0 aliphatic heterocycles. The average molecular weight is 267 g/mol. The van der Waals surface area contributed by atoms with Gasteiger partial charge in [0.15, 0.2) is 5.60 Å². The van der Waals surface area contributed by atoms with Crippen LogP contribution in [0.1, 0.15) is 22.8 Å². The molecule has 3 N–H and O–H groups in total. The van der Waals surface area contributed by atoms with Crippen molar-refractivity contribution in [1.82, 2.24) is 5.32 Å². The first-order valence-corrected chi connectivity index (χ1v) is 5.66. The van der Waals surface area contributed by atoms with Crippen LogP contribution in [-0.4, -0.2) is 41.3 Å². The first-order valence-electron chi connectivity index (χ1n) is 5.66. The van der Waals surface area contributed by atoms with E-state index in [1.807, 2.05) is 6.92 Å². The second kappa shape index (κ2) is 5.71. The normalized spacial score (nSPS) is 13.5. The first-order chi connectivity index (χ1) is 8.77. The number of methoxy groups -OCH3 is 1. The third kappa shape index (κ3) is 3.69. The molecule has 1 rings (SSSR count). The summed E-state index contributed by atoms with van der Waals surface area (Å²) >= 11 is 0. The number of aliphatic carboxylic acids is 1. The Morgan fingerprint density at radius 3 is 2.58 bits per heavy atom. The fraction of sp³-hybridized carbons (Fsp3) is 0.385. The number of rotatable bonds is 5. The molecule has 1 aromatic carbocycles. The number of carbonyl (C=O) groups excluding carboxylic acids is 1. The van der Waals surface area contributed by atoms with E-state index in [0.29, 0.717) is 11.3 Å². The molecule has 0 aromatic heterocycles. The summed E-state index contributed by atoms with van der Waals surface area (Å²) in [4.78, 5) is 22.7. The summed E-state index contributed by atoms with van der Waals surface area (Å²) in [5.74, 6) is -1.51. The number of benzene rings is 1. The number of aryl methyl sites for hydroxylation is 1. The van der Waals surface area contributed by atoms with E-state index in [2.05, 4.69) is 5.32 Å². The van der Waals surface area contributed by atoms with E-state index in [9.17, 15) is 14.7 Å². The molecular formula is C13H17NO5. The highest BCUT2D eigenvalue weighted by molar-refractivity contribution is 5.97. The first kappa shape index (κ1) is 15.0. The molecule has 1 aromatic rings. The molecule has 0 saturated heterocycles. The number of nitrogens with one attached hydrogen (secondary N) is 1. The zero-order valence-electron chi connectivity index (χ0n) is 11.1. The fourth-order valence-electron chi connectivity index (χ4n) is 1.42. The molecule has 0 spiro atoms. The number of hydrogen-bond acceptors (Lipinski definition) is 4. The van der Waals surface area contributed by atoms with Gasteiger partial charge in [-0.15, -0.1) is 0 Å². The van der Waals surface area contributed by atoms with Crippen LogP contribution >= 0.6 is 0 Å². The standard InChI is InChI=1S/C13H17NO5/c1-8-4-5-10(19-3)9(6-8)11(15)14-7-13(2,18)12(16)17/h4-6,18H,7H2,1-3H3,(H,14,15)(H,16,17). The molecule has 0 bridgehead atoms. The Balaban J connectivity index is 2.84. The third-order valence-corrected chi connectivity index (χ3v) is 2.65. The molecule has 1 amide bonds. The van der Waals surface area contributed by atoms with E-state index in [1.165, 1.54) is 7.11 Å². The van der Waals surface area contributed by atoms with E-state index in [-0.39, 0.29) is 0 Å². The summed E-state index contributed by atoms with van der Waals surface area (Å²) in [5, 5.41) is 20.6. The predicted octanol–water partition coefficient (Wildman–Crippen LogP) is 0.569. The molecule has 0 saturated carbocycles. The van der Waals surface area contributed by atoms with Crippen LogP contribution in [0.3, 0.4) is 0 Å². The summed E-state index contributed by atoms with van der Waals surface area (Å²) in [7, 11) is 1.44. The van der Waals surface area contributed by atoms with Crippen LogP contribution in [0.2, 0.25) is 0 Å². The molecule has 0 radical (unpaired) electrons. The van der Waals surface area contributed by atoms with Gasteiger partial charge in [-0.3, -0.25) is 4.79 Å². The van der Waals surface area contributed by atoms with Crippen LogP contribution < -0.4 is 10.1 Å². The molecular weight excluding hydrogens is 250 g/mol. The van der Waals surface area contributed by atoms with Crippen LogP contribution in [0, 0.1) is 6.92 Å². The Morgan fingerprint density at radius 2 is 2.05 bits per heavy atom. The summed E-state index contributed by atoms with van der Waals surface area (Å²) in [6.07, 6.45) is 0. The number of hydrogen-bond donors (Lipinski definition) is 3. The van der Waals surface area contributed by atoms with E-state index >= 15 is 0 Å². The zero-order chi connectivity index (χ0) is 14.6. The van der Waals surface area contributed by atoms with Crippen molar-refractivity contribution in [2.75, 3.05) is 13.7 Å². The van der Waals surface area contributed by atoms with Gasteiger partial charge in [-0.1, -0.05) is 11.6 Å². The lowest BCUT2D eigenvalue weighted by Gasteiger charge is -2.18. The molecule has 0 fully saturated rings. The Bertz CT molecular complexity index is 496. The maximum Gasteiger partial charge on any atom is 0.337 e. The van der Waals surface area contributed by atoms with Gasteiger partial charge >= 0.3 is 5.97 Å². The quantitative estimate of drug-likeness (QED) is 0.724. The second-order valence-electron chi connectivity index (χ2n) is 4.47. The van der Waals surface area contributed by atoms with Crippen molar-refractivity contribution in [2.24, 2.45) is 0 Å². The number of carbonyl (C=O) groups is 2. The highest BCUT2D eigenvalue weighted by Crippen LogP contribution is 2.19. The van der Waals surface area contributed by atoms with Crippen molar-refractivity contribution in [3.63, 3.8) is 0 Å². The molecule has 6 nitrogen and oxygen atoms in total. The Morgan fingerprint density at radius 1 is 1.42 bits per heavy atom. The lowest BCUT2D eigenvalue weighted by Crippen LogP contribution is -2.46. The number of aliphatic hydroxyl groups is 1. The van der Waals surface area contributed by atoms with Crippen molar-refractivity contribution in [1.29, 1.82) is 0 Å². The largest absolute Gasteiger partial charge is 0.496 e. The van der Waals surface area contributed by atoms with Gasteiger partial charge in [0.05, 0.1) is 19.2 Å². The molecule has 1 unspecified atom stereocenters. The van der Waals surface area contributed by atoms with Gasteiger partial charge in [0.2, 0.25) is 0 Å². The van der Waals surface area contributed by atoms with Crippen molar-refractivity contribution in [3.8, 4) is 5.75 Å². The monoisotopic (exact) mass is 267 g/mol. The highest BCUT2D eigenvalue weighted by Gasteiger charge is 2.30. The van der Waals surface area contributed by atoms with Gasteiger partial charge < -0.3 is 20.3 Å². The summed E-state index contributed by atoms with van der Waals surface area (Å²) in [6.45, 7) is 2.55. The average Bonchev–Trinajstić information content (AvgIpc) is 2.35. The van der Waals surface area contributed by atoms with Crippen LogP contribution in [-0.2, 0) is 4.79 Å². The van der Waals surface area contributed by atoms with Gasteiger partial charge in [-0.05, 0) is 26.0 Å². The Labute approximate surface area is 111 Å². The fourth-order valence-corrected chi connectivity index (χ4v) is 1.42. The molecule has 19 heavy (non-hydrogen) atoms. The number of ether oxygens (including phenoxy) is 1. The highest BCUT2D eigenvalue weighted by atomic mass is 16.5. The maximum absolute atomic E-state index is 12.0. The van der Waals surface area contributed by atoms with Crippen molar-refractivity contribution in [3.05, 3.63) is 29.3 Å². The zero-order valence-corrected chi connectivity index (χ0v) is 11.1. The van der Waals surface area contributed by atoms with E-state index < -0.39 is 24.0 Å². The minimum atomic E-state index is -2.01. The van der Waals surface area contributed by atoms with Crippen LogP contribution in [0.25, 0.3) is 0 Å². The van der Waals surface area contributed by atoms with Gasteiger partial charge in [0.1, 0.15) is 5.75 Å². The van der Waals surface area contributed by atoms with Gasteiger partial charge in [0, 0.05) is 0 Å². The topological polar surface area (TPSA) is 95.9 Å². The SMILES string of the molecule is COc1ccc(C)cc1C(=O)NCC(C)(O)C(=O)O. The van der Waals surface area contributed by atoms with E-state index in [4.69, 9.17) is 9.84 Å². The minimum Gasteiger partial charge on any atom is -0.496 e. The molecule has 0 aliphatic carbocycles. The summed E-state index contributed by atoms with van der Waals surface area (Å²) in [6, 6.07) is 5.08. The molecule has 6 heteroatoms. The third-order valence-electron chi connectivity index (χ3n) is 2.65. The summed E-state index contributed by atoms with van der Waals surface area (Å²) < 4.78 is 5.06. The Hall–Kier alpha value is -2.08. The van der Waals surface area contributed by atoms with Gasteiger partial charge in [-0.2, -0.15) is 0 Å². The minimum absolute atomic E-state index is 0.295. The van der Waals surface area contributed by atoms with Crippen LogP contribution in [0.5, 0.6) is 5.75 Å². The van der Waals surface area contributed by atoms with E-state index in [0.717, 1.165) is 12.5 Å². The smallest absolute Gasteiger partial charge is 0.337 e. The van der Waals surface area contributed by atoms with Crippen LogP contribution in [0.4, 0.5) is 0 Å². The Kier molecular flexibility index (Phi) is 4.50. The van der Waals surface area contributed by atoms with Gasteiger partial charge in [0.25, 0.3) is 5.91 Å². The lowest BCUT2D eigenvalue weighted by atomic mass is 10.1. The molecule has 1 atom stereocenters. The second-order valence-corrected chi connectivity index (χ2v) is 4.47. The number of carboxylic acid groups (broad SMARTS) is 1. The van der Waals surface area contributed by atoms with E-state index in [1.54, 1.807) is 18.2 Å². The lowest BCUT2D eigenvalue weighted by molar-refractivity contribution is -0.155. The maximum atomic E-state index is 12.0. The molecule has 0 heterocycles. The molecule has 104 valence electrons. The van der Waals surface area contributed by atoms with Crippen LogP contribution in [0.15, 0.2) is 18.2 Å². The summed E-state index contributed by atoms with van der Waals surface area (Å²) in [5.41, 5.74) is -0.841. The van der Waals surface area contributed by atoms with Gasteiger partial charge in [-0.25, -0.2) is 4.79 Å². The van der Waals surface area contributed by atoms with Crippen molar-refractivity contribution in [2.45, 2.75) is 19.4 Å². The predicted molar refractivity (Wildman–Crippen MR) is 68.3 cm³/mol. The van der Waals surface area contributed by atoms with Crippen molar-refractivity contribution >= 4 is 11.9 Å². The molecule has 0 aliphatic rings. The van der Waals surface area contributed by atoms with Crippen molar-refractivity contribution < 1.29 is 24.5 Å². The number of carboxylic acids is 1. The number of amides is 1.